The zero-order valence-electron chi connectivity index (χ0n) is 18.2. The molecule has 0 atom stereocenters. The maximum Gasteiger partial charge on any atom is 0.259 e. The van der Waals surface area contributed by atoms with E-state index in [1.54, 1.807) is 6.07 Å². The lowest BCUT2D eigenvalue weighted by Gasteiger charge is -2.29. The minimum Gasteiger partial charge on any atom is -0.335 e. The third-order valence-electron chi connectivity index (χ3n) is 5.97. The zero-order valence-corrected chi connectivity index (χ0v) is 19.0. The summed E-state index contributed by atoms with van der Waals surface area (Å²) in [6.45, 7) is 7.15. The molecule has 0 bridgehead atoms. The van der Waals surface area contributed by atoms with Crippen LogP contribution in [0.15, 0.2) is 46.3 Å². The Kier molecular flexibility index (Phi) is 5.71. The summed E-state index contributed by atoms with van der Waals surface area (Å²) in [6.07, 6.45) is 2.46. The monoisotopic (exact) mass is 447 g/mol. The fourth-order valence-corrected chi connectivity index (χ4v) is 4.78. The third-order valence-corrected chi connectivity index (χ3v) is 6.77. The predicted octanol–water partition coefficient (Wildman–Crippen LogP) is 5.14. The molecule has 1 fully saturated rings. The Morgan fingerprint density at radius 2 is 2.00 bits per heavy atom. The first-order chi connectivity index (χ1) is 15.6. The molecule has 4 aromatic rings. The Morgan fingerprint density at radius 1 is 1.22 bits per heavy atom. The molecule has 1 N–H and O–H groups in total. The van der Waals surface area contributed by atoms with E-state index in [4.69, 9.17) is 4.52 Å². The number of fused-ring (bicyclic) bond motifs is 1. The largest absolute Gasteiger partial charge is 0.335 e. The van der Waals surface area contributed by atoms with Gasteiger partial charge in [-0.3, -0.25) is 15.0 Å². The van der Waals surface area contributed by atoms with Crippen molar-refractivity contribution in [1.29, 1.82) is 0 Å². The number of aryl methyl sites for hydroxylation is 1. The molecule has 0 unspecified atom stereocenters. The van der Waals surface area contributed by atoms with Crippen LogP contribution in [0.1, 0.15) is 41.5 Å². The Balaban J connectivity index is 1.38. The van der Waals surface area contributed by atoms with Gasteiger partial charge in [-0.2, -0.15) is 0 Å². The van der Waals surface area contributed by atoms with Crippen molar-refractivity contribution >= 4 is 33.5 Å². The van der Waals surface area contributed by atoms with Crippen LogP contribution in [-0.4, -0.2) is 39.0 Å². The Bertz CT molecular complexity index is 1240. The third kappa shape index (κ3) is 4.28. The number of aromatic nitrogens is 3. The lowest BCUT2D eigenvalue weighted by atomic mass is 9.99. The number of likely N-dealkylation sites (tertiary alicyclic amines) is 1. The predicted molar refractivity (Wildman–Crippen MR) is 126 cm³/mol. The first kappa shape index (κ1) is 20.8. The number of nitrogens with zero attached hydrogens (tertiary/aromatic N) is 4. The molecule has 3 aromatic heterocycles. The van der Waals surface area contributed by atoms with Gasteiger partial charge in [0.1, 0.15) is 0 Å². The topological polar surface area (TPSA) is 84.1 Å². The van der Waals surface area contributed by atoms with Crippen molar-refractivity contribution in [1.82, 2.24) is 20.0 Å². The van der Waals surface area contributed by atoms with E-state index < -0.39 is 0 Å². The number of amides is 1. The van der Waals surface area contributed by atoms with Gasteiger partial charge in [0.15, 0.2) is 5.13 Å². The molecule has 0 radical (unpaired) electrons. The average molecular weight is 448 g/mol. The standard InChI is InChI=1S/C24H25N5O2S/c1-15-8-10-29(11-9-15)13-18-14-32-24(25-18)27-22(30)19-12-20(17-6-4-3-5-7-17)26-23-21(19)16(2)28-31-23/h3-7,12,14-15H,8-11,13H2,1-2H3,(H,25,27,30). The number of anilines is 1. The van der Waals surface area contributed by atoms with Crippen molar-refractivity contribution in [2.45, 2.75) is 33.2 Å². The van der Waals surface area contributed by atoms with Crippen LogP contribution in [0.3, 0.4) is 0 Å². The van der Waals surface area contributed by atoms with E-state index in [-0.39, 0.29) is 5.91 Å². The summed E-state index contributed by atoms with van der Waals surface area (Å²) in [5.74, 6) is 0.559. The molecule has 5 rings (SSSR count). The first-order valence-electron chi connectivity index (χ1n) is 10.9. The summed E-state index contributed by atoms with van der Waals surface area (Å²) in [5.41, 5.74) is 4.04. The van der Waals surface area contributed by atoms with Gasteiger partial charge in [-0.15, -0.1) is 11.3 Å². The smallest absolute Gasteiger partial charge is 0.259 e. The molecule has 1 aliphatic rings. The van der Waals surface area contributed by atoms with Gasteiger partial charge in [0.25, 0.3) is 11.6 Å². The molecule has 32 heavy (non-hydrogen) atoms. The Labute approximate surface area is 190 Å². The quantitative estimate of drug-likeness (QED) is 0.456. The Morgan fingerprint density at radius 3 is 2.78 bits per heavy atom. The van der Waals surface area contributed by atoms with Gasteiger partial charge in [-0.05, 0) is 44.8 Å². The van der Waals surface area contributed by atoms with E-state index in [9.17, 15) is 4.79 Å². The Hall–Kier alpha value is -3.10. The summed E-state index contributed by atoms with van der Waals surface area (Å²) in [5, 5.41) is 10.2. The molecule has 0 aliphatic carbocycles. The van der Waals surface area contributed by atoms with Crippen LogP contribution in [0, 0.1) is 12.8 Å². The van der Waals surface area contributed by atoms with Crippen LogP contribution in [0.25, 0.3) is 22.4 Å². The minimum atomic E-state index is -0.242. The van der Waals surface area contributed by atoms with E-state index in [0.717, 1.165) is 36.8 Å². The van der Waals surface area contributed by atoms with E-state index >= 15 is 0 Å². The lowest BCUT2D eigenvalue weighted by molar-refractivity contribution is 0.102. The molecule has 1 aliphatic heterocycles. The second-order valence-electron chi connectivity index (χ2n) is 8.43. The van der Waals surface area contributed by atoms with Gasteiger partial charge in [0.05, 0.1) is 28.0 Å². The summed E-state index contributed by atoms with van der Waals surface area (Å²) in [7, 11) is 0. The number of hydrogen-bond donors (Lipinski definition) is 1. The van der Waals surface area contributed by atoms with E-state index in [0.29, 0.717) is 33.2 Å². The highest BCUT2D eigenvalue weighted by molar-refractivity contribution is 7.14. The summed E-state index contributed by atoms with van der Waals surface area (Å²) >= 11 is 1.45. The summed E-state index contributed by atoms with van der Waals surface area (Å²) in [4.78, 5) is 24.9. The zero-order chi connectivity index (χ0) is 22.1. The van der Waals surface area contributed by atoms with Gasteiger partial charge < -0.3 is 4.52 Å². The number of nitrogens with one attached hydrogen (secondary N) is 1. The van der Waals surface area contributed by atoms with Crippen LogP contribution < -0.4 is 5.32 Å². The number of rotatable bonds is 5. The van der Waals surface area contributed by atoms with Crippen molar-refractivity contribution in [3.63, 3.8) is 0 Å². The lowest BCUT2D eigenvalue weighted by Crippen LogP contribution is -2.32. The molecule has 7 nitrogen and oxygen atoms in total. The SMILES string of the molecule is Cc1noc2nc(-c3ccccc3)cc(C(=O)Nc3nc(CN4CCC(C)CC4)cs3)c12. The average Bonchev–Trinajstić information content (AvgIpc) is 3.41. The van der Waals surface area contributed by atoms with Gasteiger partial charge in [0, 0.05) is 17.5 Å². The van der Waals surface area contributed by atoms with Crippen molar-refractivity contribution in [3.05, 3.63) is 58.7 Å². The number of hydrogen-bond acceptors (Lipinski definition) is 7. The molecule has 1 amide bonds. The molecule has 1 aromatic carbocycles. The summed E-state index contributed by atoms with van der Waals surface area (Å²) < 4.78 is 5.39. The molecular formula is C24H25N5O2S. The minimum absolute atomic E-state index is 0.242. The maximum atomic E-state index is 13.2. The van der Waals surface area contributed by atoms with Crippen molar-refractivity contribution in [2.75, 3.05) is 18.4 Å². The van der Waals surface area contributed by atoms with Crippen LogP contribution >= 0.6 is 11.3 Å². The van der Waals surface area contributed by atoms with Crippen LogP contribution in [-0.2, 0) is 6.54 Å². The molecule has 4 heterocycles. The fourth-order valence-electron chi connectivity index (χ4n) is 4.08. The van der Waals surface area contributed by atoms with Crippen molar-refractivity contribution in [3.8, 4) is 11.3 Å². The molecule has 164 valence electrons. The molecule has 1 saturated heterocycles. The van der Waals surface area contributed by atoms with Crippen molar-refractivity contribution < 1.29 is 9.32 Å². The second kappa shape index (κ2) is 8.80. The van der Waals surface area contributed by atoms with Crippen molar-refractivity contribution in [2.24, 2.45) is 5.92 Å². The normalized spacial score (nSPS) is 15.3. The van der Waals surface area contributed by atoms with Gasteiger partial charge >= 0.3 is 0 Å². The number of pyridine rings is 1. The number of piperidine rings is 1. The molecule has 0 saturated carbocycles. The first-order valence-corrected chi connectivity index (χ1v) is 11.8. The van der Waals surface area contributed by atoms with E-state index in [2.05, 4.69) is 32.3 Å². The van der Waals surface area contributed by atoms with E-state index in [1.807, 2.05) is 42.6 Å². The van der Waals surface area contributed by atoms with Gasteiger partial charge in [-0.25, -0.2) is 9.97 Å². The fraction of sp³-hybridized carbons (Fsp3) is 0.333. The molecule has 8 heteroatoms. The molecule has 0 spiro atoms. The highest BCUT2D eigenvalue weighted by atomic mass is 32.1. The number of thiazole rings is 1. The van der Waals surface area contributed by atoms with Crippen LogP contribution in [0.5, 0.6) is 0 Å². The van der Waals surface area contributed by atoms with E-state index in [1.165, 1.54) is 24.2 Å². The highest BCUT2D eigenvalue weighted by Crippen LogP contribution is 2.28. The van der Waals surface area contributed by atoms with Gasteiger partial charge in [0.2, 0.25) is 0 Å². The molecular weight excluding hydrogens is 422 g/mol. The van der Waals surface area contributed by atoms with Crippen LogP contribution in [0.2, 0.25) is 0 Å². The number of benzene rings is 1. The van der Waals surface area contributed by atoms with Crippen LogP contribution in [0.4, 0.5) is 5.13 Å². The van der Waals surface area contributed by atoms with Gasteiger partial charge in [-0.1, -0.05) is 42.4 Å². The second-order valence-corrected chi connectivity index (χ2v) is 9.28. The number of carbonyl (C=O) groups excluding carboxylic acids is 1. The summed E-state index contributed by atoms with van der Waals surface area (Å²) in [6, 6.07) is 11.5. The number of carbonyl (C=O) groups is 1. The highest BCUT2D eigenvalue weighted by Gasteiger charge is 2.21. The maximum absolute atomic E-state index is 13.2.